The molecule has 0 saturated heterocycles. The van der Waals surface area contributed by atoms with Crippen LogP contribution in [0.15, 0.2) is 36.4 Å². The summed E-state index contributed by atoms with van der Waals surface area (Å²) in [5, 5.41) is 14.3. The molecular formula is C15H17ClN4O. The molecule has 6 heteroatoms. The van der Waals surface area contributed by atoms with Crippen molar-refractivity contribution in [2.75, 3.05) is 18.9 Å². The summed E-state index contributed by atoms with van der Waals surface area (Å²) in [6.07, 6.45) is 1.94. The van der Waals surface area contributed by atoms with Crippen molar-refractivity contribution >= 4 is 23.3 Å². The summed E-state index contributed by atoms with van der Waals surface area (Å²) in [5.41, 5.74) is 1.56. The summed E-state index contributed by atoms with van der Waals surface area (Å²) in [5.74, 6) is 0.426. The Morgan fingerprint density at radius 2 is 1.90 bits per heavy atom. The first-order valence-corrected chi connectivity index (χ1v) is 7.11. The van der Waals surface area contributed by atoms with E-state index in [0.717, 1.165) is 24.4 Å². The topological polar surface area (TPSA) is 66.9 Å². The molecule has 0 aliphatic carbocycles. The molecule has 0 saturated carbocycles. The van der Waals surface area contributed by atoms with Crippen molar-refractivity contribution in [2.45, 2.75) is 12.8 Å². The number of aryl methyl sites for hydroxylation is 1. The number of hydrogen-bond acceptors (Lipinski definition) is 4. The molecule has 0 fully saturated rings. The lowest BCUT2D eigenvalue weighted by molar-refractivity contribution is 0.0957. The number of hydrogen-bond donors (Lipinski definition) is 2. The Morgan fingerprint density at radius 3 is 2.52 bits per heavy atom. The van der Waals surface area contributed by atoms with Crippen molar-refractivity contribution in [3.8, 4) is 0 Å². The van der Waals surface area contributed by atoms with Crippen molar-refractivity contribution < 1.29 is 4.79 Å². The van der Waals surface area contributed by atoms with Gasteiger partial charge in [-0.25, -0.2) is 0 Å². The maximum Gasteiger partial charge on any atom is 0.271 e. The number of carbonyl (C=O) groups excluding carboxylic acids is 1. The third-order valence-electron chi connectivity index (χ3n) is 2.99. The zero-order valence-corrected chi connectivity index (χ0v) is 12.5. The number of benzene rings is 1. The largest absolute Gasteiger partial charge is 0.369 e. The zero-order valence-electron chi connectivity index (χ0n) is 11.8. The second-order valence-corrected chi connectivity index (χ2v) is 4.98. The van der Waals surface area contributed by atoms with E-state index in [2.05, 4.69) is 20.8 Å². The van der Waals surface area contributed by atoms with Crippen LogP contribution in [0.3, 0.4) is 0 Å². The second kappa shape index (κ2) is 7.59. The van der Waals surface area contributed by atoms with Gasteiger partial charge < -0.3 is 10.6 Å². The van der Waals surface area contributed by atoms with Crippen molar-refractivity contribution in [2.24, 2.45) is 0 Å². The van der Waals surface area contributed by atoms with Gasteiger partial charge in [0.25, 0.3) is 5.91 Å². The van der Waals surface area contributed by atoms with Crippen molar-refractivity contribution in [1.29, 1.82) is 0 Å². The summed E-state index contributed by atoms with van der Waals surface area (Å²) in [6, 6.07) is 11.2. The molecule has 2 aromatic rings. The maximum absolute atomic E-state index is 11.3. The van der Waals surface area contributed by atoms with Crippen LogP contribution in [-0.2, 0) is 6.42 Å². The highest BCUT2D eigenvalue weighted by atomic mass is 35.5. The van der Waals surface area contributed by atoms with Gasteiger partial charge in [0.1, 0.15) is 5.82 Å². The molecular weight excluding hydrogens is 288 g/mol. The van der Waals surface area contributed by atoms with Gasteiger partial charge in [-0.3, -0.25) is 4.79 Å². The molecule has 1 heterocycles. The van der Waals surface area contributed by atoms with Crippen LogP contribution in [0.4, 0.5) is 5.82 Å². The molecule has 5 nitrogen and oxygen atoms in total. The second-order valence-electron chi connectivity index (χ2n) is 4.54. The molecule has 0 radical (unpaired) electrons. The van der Waals surface area contributed by atoms with E-state index >= 15 is 0 Å². The van der Waals surface area contributed by atoms with Crippen LogP contribution in [-0.4, -0.2) is 29.7 Å². The van der Waals surface area contributed by atoms with Crippen LogP contribution in [0.2, 0.25) is 5.02 Å². The summed E-state index contributed by atoms with van der Waals surface area (Å²) in [6.45, 7) is 0.788. The highest BCUT2D eigenvalue weighted by molar-refractivity contribution is 6.30. The predicted octanol–water partition coefficient (Wildman–Crippen LogP) is 2.53. The van der Waals surface area contributed by atoms with Gasteiger partial charge in [-0.2, -0.15) is 0 Å². The highest BCUT2D eigenvalue weighted by Gasteiger charge is 2.04. The van der Waals surface area contributed by atoms with E-state index in [1.54, 1.807) is 19.2 Å². The molecule has 1 amide bonds. The van der Waals surface area contributed by atoms with Gasteiger partial charge in [0.15, 0.2) is 5.69 Å². The molecule has 21 heavy (non-hydrogen) atoms. The minimum atomic E-state index is -0.239. The van der Waals surface area contributed by atoms with E-state index < -0.39 is 0 Å². The number of rotatable bonds is 6. The van der Waals surface area contributed by atoms with Gasteiger partial charge in [-0.15, -0.1) is 10.2 Å². The number of halogens is 1. The fourth-order valence-electron chi connectivity index (χ4n) is 1.84. The molecule has 1 aromatic heterocycles. The molecule has 1 aromatic carbocycles. The van der Waals surface area contributed by atoms with Crippen LogP contribution < -0.4 is 10.6 Å². The predicted molar refractivity (Wildman–Crippen MR) is 83.7 cm³/mol. The minimum absolute atomic E-state index is 0.239. The van der Waals surface area contributed by atoms with Gasteiger partial charge in [0.2, 0.25) is 0 Å². The molecule has 110 valence electrons. The first kappa shape index (κ1) is 15.3. The maximum atomic E-state index is 11.3. The molecule has 0 spiro atoms. The van der Waals surface area contributed by atoms with E-state index in [1.807, 2.05) is 24.3 Å². The summed E-state index contributed by atoms with van der Waals surface area (Å²) in [4.78, 5) is 11.3. The van der Waals surface area contributed by atoms with Gasteiger partial charge >= 0.3 is 0 Å². The number of anilines is 1. The van der Waals surface area contributed by atoms with Crippen LogP contribution >= 0.6 is 11.6 Å². The Kier molecular flexibility index (Phi) is 5.51. The van der Waals surface area contributed by atoms with Crippen LogP contribution in [0, 0.1) is 0 Å². The molecule has 0 aliphatic heterocycles. The standard InChI is InChI=1S/C15H17ClN4O/c1-17-15(21)13-8-9-14(20-19-13)18-10-2-3-11-4-6-12(16)7-5-11/h4-9H,2-3,10H2,1H3,(H,17,21)(H,18,20). The number of carbonyl (C=O) groups is 1. The van der Waals surface area contributed by atoms with Gasteiger partial charge in [0.05, 0.1) is 0 Å². The number of aromatic nitrogens is 2. The molecule has 0 atom stereocenters. The summed E-state index contributed by atoms with van der Waals surface area (Å²) < 4.78 is 0. The number of nitrogens with zero attached hydrogens (tertiary/aromatic N) is 2. The van der Waals surface area contributed by atoms with Crippen molar-refractivity contribution in [3.63, 3.8) is 0 Å². The lowest BCUT2D eigenvalue weighted by Gasteiger charge is -2.05. The summed E-state index contributed by atoms with van der Waals surface area (Å²) in [7, 11) is 1.56. The molecule has 0 unspecified atom stereocenters. The smallest absolute Gasteiger partial charge is 0.271 e. The highest BCUT2D eigenvalue weighted by Crippen LogP contribution is 2.11. The molecule has 2 N–H and O–H groups in total. The first-order chi connectivity index (χ1) is 10.2. The van der Waals surface area contributed by atoms with E-state index in [-0.39, 0.29) is 5.91 Å². The van der Waals surface area contributed by atoms with Gasteiger partial charge in [-0.05, 0) is 42.7 Å². The minimum Gasteiger partial charge on any atom is -0.369 e. The van der Waals surface area contributed by atoms with Crippen molar-refractivity contribution in [1.82, 2.24) is 15.5 Å². The third-order valence-corrected chi connectivity index (χ3v) is 3.24. The number of nitrogens with one attached hydrogen (secondary N) is 2. The zero-order chi connectivity index (χ0) is 15.1. The summed E-state index contributed by atoms with van der Waals surface area (Å²) >= 11 is 5.84. The Labute approximate surface area is 128 Å². The van der Waals surface area contributed by atoms with Gasteiger partial charge in [-0.1, -0.05) is 23.7 Å². The third kappa shape index (κ3) is 4.72. The first-order valence-electron chi connectivity index (χ1n) is 6.73. The fourth-order valence-corrected chi connectivity index (χ4v) is 1.96. The molecule has 2 rings (SSSR count). The Balaban J connectivity index is 1.75. The Hall–Kier alpha value is -2.14. The van der Waals surface area contributed by atoms with Gasteiger partial charge in [0, 0.05) is 18.6 Å². The Morgan fingerprint density at radius 1 is 1.14 bits per heavy atom. The fraction of sp³-hybridized carbons (Fsp3) is 0.267. The van der Waals surface area contributed by atoms with Crippen molar-refractivity contribution in [3.05, 3.63) is 52.7 Å². The monoisotopic (exact) mass is 304 g/mol. The van der Waals surface area contributed by atoms with Crippen LogP contribution in [0.5, 0.6) is 0 Å². The number of amides is 1. The lowest BCUT2D eigenvalue weighted by atomic mass is 10.1. The van der Waals surface area contributed by atoms with E-state index in [9.17, 15) is 4.79 Å². The van der Waals surface area contributed by atoms with E-state index in [4.69, 9.17) is 11.6 Å². The molecule has 0 bridgehead atoms. The van der Waals surface area contributed by atoms with E-state index in [0.29, 0.717) is 11.5 Å². The van der Waals surface area contributed by atoms with Crippen LogP contribution in [0.1, 0.15) is 22.5 Å². The Bertz CT molecular complexity index is 584. The average molecular weight is 305 g/mol. The quantitative estimate of drug-likeness (QED) is 0.805. The molecule has 0 aliphatic rings. The average Bonchev–Trinajstić information content (AvgIpc) is 2.53. The normalized spacial score (nSPS) is 10.2. The van der Waals surface area contributed by atoms with Crippen LogP contribution in [0.25, 0.3) is 0 Å². The SMILES string of the molecule is CNC(=O)c1ccc(NCCCc2ccc(Cl)cc2)nn1. The van der Waals surface area contributed by atoms with E-state index in [1.165, 1.54) is 5.56 Å². The lowest BCUT2D eigenvalue weighted by Crippen LogP contribution is -2.19.